The molecule has 2 amide bonds. The van der Waals surface area contributed by atoms with Crippen LogP contribution < -0.4 is 0 Å². The summed E-state index contributed by atoms with van der Waals surface area (Å²) in [5.74, 6) is 0.590. The third kappa shape index (κ3) is 4.15. The highest BCUT2D eigenvalue weighted by atomic mass is 32.1. The molecule has 4 nitrogen and oxygen atoms in total. The minimum absolute atomic E-state index is 0.118. The predicted molar refractivity (Wildman–Crippen MR) is 123 cm³/mol. The largest absolute Gasteiger partial charge is 0.339 e. The molecule has 2 aliphatic rings. The van der Waals surface area contributed by atoms with E-state index in [4.69, 9.17) is 0 Å². The van der Waals surface area contributed by atoms with Crippen molar-refractivity contribution >= 4 is 23.2 Å². The van der Waals surface area contributed by atoms with Gasteiger partial charge in [-0.1, -0.05) is 66.7 Å². The number of carbonyl (C=O) groups excluding carboxylic acids is 2. The quantitative estimate of drug-likeness (QED) is 0.604. The van der Waals surface area contributed by atoms with E-state index in [2.05, 4.69) is 17.5 Å². The molecule has 1 saturated heterocycles. The molecule has 1 aromatic heterocycles. The van der Waals surface area contributed by atoms with E-state index >= 15 is 0 Å². The highest BCUT2D eigenvalue weighted by Gasteiger charge is 2.46. The number of rotatable bonds is 5. The lowest BCUT2D eigenvalue weighted by atomic mass is 9.90. The van der Waals surface area contributed by atoms with Gasteiger partial charge in [0.2, 0.25) is 11.8 Å². The first kappa shape index (κ1) is 20.0. The summed E-state index contributed by atoms with van der Waals surface area (Å²) in [4.78, 5) is 31.7. The Bertz CT molecular complexity index is 988. The topological polar surface area (TPSA) is 40.6 Å². The fourth-order valence-electron chi connectivity index (χ4n) is 4.62. The van der Waals surface area contributed by atoms with Crippen LogP contribution in [0.4, 0.5) is 0 Å². The van der Waals surface area contributed by atoms with Gasteiger partial charge in [-0.25, -0.2) is 0 Å². The van der Waals surface area contributed by atoms with Gasteiger partial charge in [-0.15, -0.1) is 11.3 Å². The summed E-state index contributed by atoms with van der Waals surface area (Å²) in [6, 6.07) is 24.1. The first-order valence-electron chi connectivity index (χ1n) is 10.9. The number of amides is 2. The lowest BCUT2D eigenvalue weighted by molar-refractivity contribution is -0.140. The summed E-state index contributed by atoms with van der Waals surface area (Å²) in [5.41, 5.74) is 2.02. The Morgan fingerprint density at radius 1 is 0.774 bits per heavy atom. The molecule has 3 aromatic rings. The van der Waals surface area contributed by atoms with E-state index < -0.39 is 0 Å². The minimum atomic E-state index is -0.309. The van der Waals surface area contributed by atoms with Crippen LogP contribution in [0.1, 0.15) is 34.3 Å². The molecular weight excluding hydrogens is 404 g/mol. The van der Waals surface area contributed by atoms with Crippen LogP contribution in [-0.4, -0.2) is 47.8 Å². The Balaban J connectivity index is 1.25. The van der Waals surface area contributed by atoms with E-state index in [0.717, 1.165) is 17.5 Å². The van der Waals surface area contributed by atoms with Crippen molar-refractivity contribution in [3.8, 4) is 0 Å². The Kier molecular flexibility index (Phi) is 5.60. The second kappa shape index (κ2) is 8.67. The third-order valence-electron chi connectivity index (χ3n) is 6.43. The van der Waals surface area contributed by atoms with Gasteiger partial charge in [0, 0.05) is 42.9 Å². The van der Waals surface area contributed by atoms with Crippen molar-refractivity contribution in [2.75, 3.05) is 26.2 Å². The summed E-state index contributed by atoms with van der Waals surface area (Å²) < 4.78 is 0. The van der Waals surface area contributed by atoms with E-state index in [1.165, 1.54) is 4.88 Å². The van der Waals surface area contributed by atoms with Crippen LogP contribution in [0.2, 0.25) is 0 Å². The summed E-state index contributed by atoms with van der Waals surface area (Å²) in [6.07, 6.45) is 0.961. The van der Waals surface area contributed by atoms with Crippen LogP contribution in [-0.2, 0) is 9.59 Å². The van der Waals surface area contributed by atoms with Gasteiger partial charge < -0.3 is 9.80 Å². The van der Waals surface area contributed by atoms with Crippen LogP contribution in [0.25, 0.3) is 0 Å². The third-order valence-corrected chi connectivity index (χ3v) is 7.44. The van der Waals surface area contributed by atoms with Crippen LogP contribution >= 0.6 is 11.3 Å². The molecule has 2 heterocycles. The molecule has 158 valence electrons. The number of thiophene rings is 1. The minimum Gasteiger partial charge on any atom is -0.339 e. The van der Waals surface area contributed by atoms with Crippen molar-refractivity contribution in [2.45, 2.75) is 18.3 Å². The number of nitrogens with zero attached hydrogens (tertiary/aromatic N) is 2. The van der Waals surface area contributed by atoms with Crippen molar-refractivity contribution in [1.29, 1.82) is 0 Å². The van der Waals surface area contributed by atoms with Gasteiger partial charge in [-0.2, -0.15) is 0 Å². The Labute approximate surface area is 187 Å². The van der Waals surface area contributed by atoms with Crippen LogP contribution in [0.3, 0.4) is 0 Å². The van der Waals surface area contributed by atoms with Gasteiger partial charge in [0.25, 0.3) is 0 Å². The molecule has 2 atom stereocenters. The van der Waals surface area contributed by atoms with Crippen molar-refractivity contribution < 1.29 is 9.59 Å². The predicted octanol–water partition coefficient (Wildman–Crippen LogP) is 4.35. The summed E-state index contributed by atoms with van der Waals surface area (Å²) >= 11 is 1.74. The van der Waals surface area contributed by atoms with Crippen LogP contribution in [0.5, 0.6) is 0 Å². The van der Waals surface area contributed by atoms with Crippen molar-refractivity contribution in [3.05, 3.63) is 94.2 Å². The normalized spacial score (nSPS) is 20.7. The zero-order valence-corrected chi connectivity index (χ0v) is 18.2. The maximum Gasteiger partial charge on any atom is 0.234 e. The zero-order chi connectivity index (χ0) is 21.2. The van der Waals surface area contributed by atoms with Crippen LogP contribution in [0, 0.1) is 5.92 Å². The lowest BCUT2D eigenvalue weighted by Crippen LogP contribution is -2.52. The van der Waals surface area contributed by atoms with E-state index in [1.807, 2.05) is 70.5 Å². The molecule has 1 saturated carbocycles. The highest BCUT2D eigenvalue weighted by molar-refractivity contribution is 7.10. The second-order valence-electron chi connectivity index (χ2n) is 8.37. The molecule has 5 rings (SSSR count). The fourth-order valence-corrected chi connectivity index (χ4v) is 5.52. The molecule has 0 spiro atoms. The molecule has 1 aliphatic carbocycles. The Hall–Kier alpha value is -2.92. The number of hydrogen-bond donors (Lipinski definition) is 0. The molecule has 0 bridgehead atoms. The lowest BCUT2D eigenvalue weighted by Gasteiger charge is -2.37. The molecular formula is C26H26N2O2S. The highest BCUT2D eigenvalue weighted by Crippen LogP contribution is 2.50. The van der Waals surface area contributed by atoms with E-state index in [9.17, 15) is 9.59 Å². The first-order chi connectivity index (χ1) is 15.2. The maximum atomic E-state index is 13.6. The van der Waals surface area contributed by atoms with E-state index in [1.54, 1.807) is 11.3 Å². The van der Waals surface area contributed by atoms with Crippen molar-refractivity contribution in [3.63, 3.8) is 0 Å². The van der Waals surface area contributed by atoms with Crippen molar-refractivity contribution in [2.24, 2.45) is 5.92 Å². The zero-order valence-electron chi connectivity index (χ0n) is 17.4. The molecule has 2 aromatic carbocycles. The number of benzene rings is 2. The molecule has 31 heavy (non-hydrogen) atoms. The average molecular weight is 431 g/mol. The second-order valence-corrected chi connectivity index (χ2v) is 9.35. The smallest absolute Gasteiger partial charge is 0.234 e. The SMILES string of the molecule is O=C(C(c1ccccc1)c1ccccc1)N1CCN(C(=O)C2CC2c2cccs2)CC1. The molecule has 0 radical (unpaired) electrons. The van der Waals surface area contributed by atoms with Gasteiger partial charge in [-0.3, -0.25) is 9.59 Å². The monoisotopic (exact) mass is 430 g/mol. The van der Waals surface area contributed by atoms with Crippen molar-refractivity contribution in [1.82, 2.24) is 9.80 Å². The Morgan fingerprint density at radius 3 is 1.90 bits per heavy atom. The number of hydrogen-bond acceptors (Lipinski definition) is 3. The van der Waals surface area contributed by atoms with Gasteiger partial charge in [0.05, 0.1) is 5.92 Å². The molecule has 5 heteroatoms. The van der Waals surface area contributed by atoms with Gasteiger partial charge in [0.1, 0.15) is 0 Å². The average Bonchev–Trinajstić information content (AvgIpc) is 3.44. The Morgan fingerprint density at radius 2 is 1.35 bits per heavy atom. The van der Waals surface area contributed by atoms with Gasteiger partial charge >= 0.3 is 0 Å². The summed E-state index contributed by atoms with van der Waals surface area (Å²) in [5, 5.41) is 2.08. The van der Waals surface area contributed by atoms with Gasteiger partial charge in [-0.05, 0) is 29.0 Å². The van der Waals surface area contributed by atoms with E-state index in [0.29, 0.717) is 32.1 Å². The molecule has 1 aliphatic heterocycles. The fraction of sp³-hybridized carbons (Fsp3) is 0.308. The first-order valence-corrected chi connectivity index (χ1v) is 11.8. The van der Waals surface area contributed by atoms with Gasteiger partial charge in [0.15, 0.2) is 0 Å². The summed E-state index contributed by atoms with van der Waals surface area (Å²) in [7, 11) is 0. The standard InChI is InChI=1S/C26H26N2O2S/c29-25(22-18-21(22)23-12-7-17-31-23)27-13-15-28(16-14-27)26(30)24(19-8-3-1-4-9-19)20-10-5-2-6-11-20/h1-12,17,21-22,24H,13-16,18H2. The van der Waals surface area contributed by atoms with Crippen LogP contribution in [0.15, 0.2) is 78.2 Å². The molecule has 2 fully saturated rings. The molecule has 2 unspecified atom stereocenters. The van der Waals surface area contributed by atoms with E-state index in [-0.39, 0.29) is 23.7 Å². The maximum absolute atomic E-state index is 13.6. The number of carbonyl (C=O) groups is 2. The molecule has 0 N–H and O–H groups in total. The summed E-state index contributed by atoms with van der Waals surface area (Å²) in [6.45, 7) is 2.43. The number of piperazine rings is 1.